The first-order valence-corrected chi connectivity index (χ1v) is 7.41. The van der Waals surface area contributed by atoms with Crippen LogP contribution < -0.4 is 5.73 Å². The molecule has 1 aliphatic heterocycles. The summed E-state index contributed by atoms with van der Waals surface area (Å²) in [6.07, 6.45) is 2.64. The second-order valence-electron chi connectivity index (χ2n) is 5.43. The number of aliphatic carboxylic acids is 1. The molecule has 1 atom stereocenters. The molecular weight excluding hydrogens is 292 g/mol. The lowest BCUT2D eigenvalue weighted by atomic mass is 9.93. The number of hydrogen-bond acceptors (Lipinski definition) is 3. The summed E-state index contributed by atoms with van der Waals surface area (Å²) >= 11 is 5.86. The average molecular weight is 311 g/mol. The summed E-state index contributed by atoms with van der Waals surface area (Å²) in [7, 11) is 0. The van der Waals surface area contributed by atoms with Gasteiger partial charge in [-0.2, -0.15) is 0 Å². The van der Waals surface area contributed by atoms with E-state index in [1.165, 1.54) is 0 Å². The zero-order valence-corrected chi connectivity index (χ0v) is 12.5. The lowest BCUT2D eigenvalue weighted by Crippen LogP contribution is -2.40. The van der Waals surface area contributed by atoms with Crippen molar-refractivity contribution in [1.82, 2.24) is 4.90 Å². The average Bonchev–Trinajstić information content (AvgIpc) is 2.47. The van der Waals surface area contributed by atoms with Gasteiger partial charge >= 0.3 is 5.97 Å². The number of hydrogen-bond donors (Lipinski definition) is 2. The lowest BCUT2D eigenvalue weighted by molar-refractivity contribution is -0.137. The van der Waals surface area contributed by atoms with Crippen molar-refractivity contribution in [3.05, 3.63) is 28.8 Å². The third kappa shape index (κ3) is 4.11. The molecule has 5 nitrogen and oxygen atoms in total. The van der Waals surface area contributed by atoms with E-state index >= 15 is 0 Å². The van der Waals surface area contributed by atoms with E-state index in [-0.39, 0.29) is 18.2 Å². The van der Waals surface area contributed by atoms with Crippen LogP contribution in [0.4, 0.5) is 5.69 Å². The van der Waals surface area contributed by atoms with Gasteiger partial charge in [0, 0.05) is 25.1 Å². The molecule has 1 fully saturated rings. The molecule has 114 valence electrons. The first-order chi connectivity index (χ1) is 9.97. The predicted molar refractivity (Wildman–Crippen MR) is 81.4 cm³/mol. The molecular formula is C15H19ClN2O3. The van der Waals surface area contributed by atoms with Gasteiger partial charge in [0.2, 0.25) is 0 Å². The van der Waals surface area contributed by atoms with Gasteiger partial charge in [-0.15, -0.1) is 0 Å². The first kappa shape index (κ1) is 15.6. The number of piperidine rings is 1. The summed E-state index contributed by atoms with van der Waals surface area (Å²) in [5, 5.41) is 9.18. The van der Waals surface area contributed by atoms with E-state index in [9.17, 15) is 9.59 Å². The van der Waals surface area contributed by atoms with Gasteiger partial charge in [-0.25, -0.2) is 0 Å². The van der Waals surface area contributed by atoms with Crippen molar-refractivity contribution >= 4 is 29.2 Å². The van der Waals surface area contributed by atoms with Gasteiger partial charge < -0.3 is 15.7 Å². The molecule has 1 unspecified atom stereocenters. The Morgan fingerprint density at radius 1 is 1.43 bits per heavy atom. The Labute approximate surface area is 128 Å². The summed E-state index contributed by atoms with van der Waals surface area (Å²) in [6.45, 7) is 1.31. The number of nitrogens with zero attached hydrogens (tertiary/aromatic N) is 1. The van der Waals surface area contributed by atoms with Crippen LogP contribution in [0.25, 0.3) is 0 Å². The molecule has 1 amide bonds. The third-order valence-corrected chi connectivity index (χ3v) is 4.16. The molecule has 3 N–H and O–H groups in total. The number of carboxylic acid groups (broad SMARTS) is 1. The Balaban J connectivity index is 2.01. The number of likely N-dealkylation sites (tertiary alicyclic amines) is 1. The molecule has 1 aromatic rings. The number of carbonyl (C=O) groups excluding carboxylic acids is 1. The van der Waals surface area contributed by atoms with Crippen LogP contribution in [0.5, 0.6) is 0 Å². The Morgan fingerprint density at radius 2 is 2.19 bits per heavy atom. The second-order valence-corrected chi connectivity index (χ2v) is 5.84. The largest absolute Gasteiger partial charge is 0.481 e. The highest BCUT2D eigenvalue weighted by molar-refractivity contribution is 6.33. The molecule has 21 heavy (non-hydrogen) atoms. The van der Waals surface area contributed by atoms with Gasteiger partial charge in [-0.05, 0) is 43.4 Å². The molecule has 1 aromatic carbocycles. The van der Waals surface area contributed by atoms with Crippen LogP contribution in [0.3, 0.4) is 0 Å². The van der Waals surface area contributed by atoms with Gasteiger partial charge in [0.25, 0.3) is 5.91 Å². The zero-order chi connectivity index (χ0) is 15.4. The number of benzene rings is 1. The first-order valence-electron chi connectivity index (χ1n) is 7.03. The number of nitrogens with two attached hydrogens (primary N) is 1. The predicted octanol–water partition coefficient (Wildman–Crippen LogP) is 2.64. The monoisotopic (exact) mass is 310 g/mol. The molecule has 1 heterocycles. The van der Waals surface area contributed by atoms with Crippen LogP contribution in [0.2, 0.25) is 5.02 Å². The molecule has 0 spiro atoms. The molecule has 1 aliphatic rings. The molecule has 0 bridgehead atoms. The van der Waals surface area contributed by atoms with Crippen molar-refractivity contribution in [2.75, 3.05) is 18.8 Å². The number of anilines is 1. The maximum Gasteiger partial charge on any atom is 0.303 e. The highest BCUT2D eigenvalue weighted by Gasteiger charge is 2.25. The van der Waals surface area contributed by atoms with Crippen molar-refractivity contribution < 1.29 is 14.7 Å². The highest BCUT2D eigenvalue weighted by atomic mass is 35.5. The van der Waals surface area contributed by atoms with Crippen molar-refractivity contribution in [2.45, 2.75) is 25.7 Å². The van der Waals surface area contributed by atoms with Crippen LogP contribution in [-0.2, 0) is 4.79 Å². The van der Waals surface area contributed by atoms with Crippen LogP contribution in [0.1, 0.15) is 36.0 Å². The zero-order valence-electron chi connectivity index (χ0n) is 11.7. The second kappa shape index (κ2) is 6.80. The SMILES string of the molecule is Nc1cc(C(=O)N2CCCC(CCC(=O)O)C2)ccc1Cl. The van der Waals surface area contributed by atoms with E-state index in [0.29, 0.717) is 35.8 Å². The fraction of sp³-hybridized carbons (Fsp3) is 0.467. The van der Waals surface area contributed by atoms with Gasteiger partial charge in [0.1, 0.15) is 0 Å². The summed E-state index contributed by atoms with van der Waals surface area (Å²) in [4.78, 5) is 24.9. The number of carboxylic acids is 1. The van der Waals surface area contributed by atoms with Crippen molar-refractivity contribution in [2.24, 2.45) is 5.92 Å². The standard InChI is InChI=1S/C15H19ClN2O3/c16-12-5-4-11(8-13(12)17)15(21)18-7-1-2-10(9-18)3-6-14(19)20/h4-5,8,10H,1-3,6-7,9,17H2,(H,19,20). The molecule has 6 heteroatoms. The maximum atomic E-state index is 12.5. The quantitative estimate of drug-likeness (QED) is 0.837. The highest BCUT2D eigenvalue weighted by Crippen LogP contribution is 2.24. The molecule has 0 radical (unpaired) electrons. The van der Waals surface area contributed by atoms with Crippen LogP contribution in [-0.4, -0.2) is 35.0 Å². The normalized spacial score (nSPS) is 18.5. The number of nitrogen functional groups attached to an aromatic ring is 1. The van der Waals surface area contributed by atoms with Crippen LogP contribution in [0.15, 0.2) is 18.2 Å². The third-order valence-electron chi connectivity index (χ3n) is 3.82. The van der Waals surface area contributed by atoms with E-state index in [2.05, 4.69) is 0 Å². The smallest absolute Gasteiger partial charge is 0.303 e. The van der Waals surface area contributed by atoms with Gasteiger partial charge in [-0.1, -0.05) is 11.6 Å². The fourth-order valence-corrected chi connectivity index (χ4v) is 2.79. The van der Waals surface area contributed by atoms with Crippen molar-refractivity contribution in [3.8, 4) is 0 Å². The molecule has 1 saturated heterocycles. The minimum Gasteiger partial charge on any atom is -0.481 e. The van der Waals surface area contributed by atoms with Gasteiger partial charge in [-0.3, -0.25) is 9.59 Å². The number of amides is 1. The number of carbonyl (C=O) groups is 2. The van der Waals surface area contributed by atoms with E-state index < -0.39 is 5.97 Å². The minimum atomic E-state index is -0.788. The molecule has 0 saturated carbocycles. The van der Waals surface area contributed by atoms with Crippen molar-refractivity contribution in [3.63, 3.8) is 0 Å². The van der Waals surface area contributed by atoms with Crippen LogP contribution >= 0.6 is 11.6 Å². The summed E-state index contributed by atoms with van der Waals surface area (Å²) in [5.74, 6) is -0.606. The Bertz CT molecular complexity index is 548. The summed E-state index contributed by atoms with van der Waals surface area (Å²) < 4.78 is 0. The lowest BCUT2D eigenvalue weighted by Gasteiger charge is -2.32. The molecule has 0 aromatic heterocycles. The van der Waals surface area contributed by atoms with Gasteiger partial charge in [0.05, 0.1) is 10.7 Å². The molecule has 0 aliphatic carbocycles. The Hall–Kier alpha value is -1.75. The number of rotatable bonds is 4. The van der Waals surface area contributed by atoms with E-state index in [1.807, 2.05) is 0 Å². The topological polar surface area (TPSA) is 83.6 Å². The van der Waals surface area contributed by atoms with E-state index in [4.69, 9.17) is 22.4 Å². The Morgan fingerprint density at radius 3 is 2.86 bits per heavy atom. The van der Waals surface area contributed by atoms with Gasteiger partial charge in [0.15, 0.2) is 0 Å². The fourth-order valence-electron chi connectivity index (χ4n) is 2.67. The number of halogens is 1. The summed E-state index contributed by atoms with van der Waals surface area (Å²) in [6, 6.07) is 4.88. The molecule has 2 rings (SSSR count). The van der Waals surface area contributed by atoms with E-state index in [0.717, 1.165) is 12.8 Å². The summed E-state index contributed by atoms with van der Waals surface area (Å²) in [5.41, 5.74) is 6.64. The Kier molecular flexibility index (Phi) is 5.07. The van der Waals surface area contributed by atoms with Crippen molar-refractivity contribution in [1.29, 1.82) is 0 Å². The minimum absolute atomic E-state index is 0.0709. The van der Waals surface area contributed by atoms with Crippen LogP contribution in [0, 0.1) is 5.92 Å². The maximum absolute atomic E-state index is 12.5. The van der Waals surface area contributed by atoms with E-state index in [1.54, 1.807) is 23.1 Å².